The molecule has 0 saturated heterocycles. The minimum atomic E-state index is -0.438. The van der Waals surface area contributed by atoms with E-state index >= 15 is 0 Å². The van der Waals surface area contributed by atoms with Crippen molar-refractivity contribution in [3.05, 3.63) is 28.7 Å². The number of hydrazine groups is 1. The topological polar surface area (TPSA) is 77.0 Å². The maximum Gasteiger partial charge on any atom is 0.252 e. The average molecular weight is 313 g/mol. The largest absolute Gasteiger partial charge is 0.331 e. The lowest BCUT2D eigenvalue weighted by molar-refractivity contribution is -0.120. The second-order valence-electron chi connectivity index (χ2n) is 2.97. The molecule has 0 unspecified atom stereocenters. The number of benzene rings is 1. The van der Waals surface area contributed by atoms with E-state index in [9.17, 15) is 4.79 Å². The Morgan fingerprint density at radius 2 is 2.00 bits per heavy atom. The summed E-state index contributed by atoms with van der Waals surface area (Å²) < 4.78 is 0.962. The zero-order valence-corrected chi connectivity index (χ0v) is 11.1. The molecular weight excluding hydrogens is 304 g/mol. The summed E-state index contributed by atoms with van der Waals surface area (Å²) in [4.78, 5) is 11.0. The third-order valence-corrected chi connectivity index (χ3v) is 2.39. The van der Waals surface area contributed by atoms with Crippen LogP contribution in [0.5, 0.6) is 0 Å². The zero-order valence-electron chi connectivity index (χ0n) is 8.66. The number of halogens is 1. The molecule has 17 heavy (non-hydrogen) atoms. The van der Waals surface area contributed by atoms with Crippen LogP contribution in [0.4, 0.5) is 5.69 Å². The summed E-state index contributed by atoms with van der Waals surface area (Å²) in [5.74, 6) is -0.438. The van der Waals surface area contributed by atoms with E-state index in [1.54, 1.807) is 6.07 Å². The highest BCUT2D eigenvalue weighted by Gasteiger charge is 2.00. The Bertz CT molecular complexity index is 454. The van der Waals surface area contributed by atoms with Crippen molar-refractivity contribution in [1.82, 2.24) is 10.9 Å². The molecule has 0 saturated carbocycles. The van der Waals surface area contributed by atoms with E-state index in [1.807, 2.05) is 24.3 Å². The minimum Gasteiger partial charge on any atom is -0.331 e. The van der Waals surface area contributed by atoms with Crippen LogP contribution < -0.4 is 16.2 Å². The molecule has 88 valence electrons. The number of carbonyl (C=O) groups is 1. The van der Waals surface area contributed by atoms with Crippen molar-refractivity contribution in [2.75, 3.05) is 5.32 Å². The molecular formula is C10H9BrN4OS. The third kappa shape index (κ3) is 5.29. The molecule has 1 amide bonds. The van der Waals surface area contributed by atoms with E-state index in [2.05, 4.69) is 32.1 Å². The van der Waals surface area contributed by atoms with Gasteiger partial charge in [0.1, 0.15) is 6.42 Å². The molecule has 0 aliphatic carbocycles. The Balaban J connectivity index is 2.37. The first-order valence-corrected chi connectivity index (χ1v) is 5.80. The molecule has 7 heteroatoms. The highest BCUT2D eigenvalue weighted by molar-refractivity contribution is 9.10. The van der Waals surface area contributed by atoms with Crippen LogP contribution >= 0.6 is 28.1 Å². The van der Waals surface area contributed by atoms with Crippen LogP contribution in [0.25, 0.3) is 0 Å². The van der Waals surface area contributed by atoms with Crippen molar-refractivity contribution in [2.24, 2.45) is 0 Å². The van der Waals surface area contributed by atoms with Gasteiger partial charge in [0, 0.05) is 10.2 Å². The maximum absolute atomic E-state index is 11.0. The number of carbonyl (C=O) groups excluding carboxylic acids is 1. The fraction of sp³-hybridized carbons (Fsp3) is 0.100. The van der Waals surface area contributed by atoms with Crippen molar-refractivity contribution >= 4 is 44.9 Å². The van der Waals surface area contributed by atoms with Crippen molar-refractivity contribution in [3.63, 3.8) is 0 Å². The van der Waals surface area contributed by atoms with Crippen molar-refractivity contribution in [1.29, 1.82) is 5.26 Å². The van der Waals surface area contributed by atoms with Crippen molar-refractivity contribution in [2.45, 2.75) is 6.42 Å². The number of amides is 1. The van der Waals surface area contributed by atoms with Crippen LogP contribution in [0.3, 0.4) is 0 Å². The monoisotopic (exact) mass is 312 g/mol. The number of nitriles is 1. The summed E-state index contributed by atoms with van der Waals surface area (Å²) >= 11 is 8.25. The Hall–Kier alpha value is -1.65. The lowest BCUT2D eigenvalue weighted by Gasteiger charge is -2.10. The number of hydrogen-bond donors (Lipinski definition) is 3. The molecule has 0 atom stereocenters. The fourth-order valence-corrected chi connectivity index (χ4v) is 1.37. The minimum absolute atomic E-state index is 0.214. The molecule has 0 heterocycles. The Morgan fingerprint density at radius 1 is 1.35 bits per heavy atom. The first-order valence-electron chi connectivity index (χ1n) is 4.60. The zero-order chi connectivity index (χ0) is 12.7. The van der Waals surface area contributed by atoms with Gasteiger partial charge in [0.05, 0.1) is 6.07 Å². The van der Waals surface area contributed by atoms with Gasteiger partial charge in [-0.1, -0.05) is 15.9 Å². The van der Waals surface area contributed by atoms with Gasteiger partial charge in [0.2, 0.25) is 0 Å². The van der Waals surface area contributed by atoms with Crippen LogP contribution in [0.15, 0.2) is 28.7 Å². The molecule has 1 aromatic carbocycles. The summed E-state index contributed by atoms with van der Waals surface area (Å²) in [6, 6.07) is 9.10. The predicted octanol–water partition coefficient (Wildman–Crippen LogP) is 1.68. The van der Waals surface area contributed by atoms with Gasteiger partial charge in [0.25, 0.3) is 5.91 Å². The lowest BCUT2D eigenvalue weighted by atomic mass is 10.3. The van der Waals surface area contributed by atoms with Crippen molar-refractivity contribution in [3.8, 4) is 6.07 Å². The van der Waals surface area contributed by atoms with Crippen LogP contribution in [0.1, 0.15) is 6.42 Å². The van der Waals surface area contributed by atoms with E-state index in [0.717, 1.165) is 10.2 Å². The molecule has 5 nitrogen and oxygen atoms in total. The average Bonchev–Trinajstić information content (AvgIpc) is 2.30. The molecule has 0 radical (unpaired) electrons. The standard InChI is InChI=1S/C10H9BrN4OS/c11-7-1-3-8(4-2-7)13-10(17)15-14-9(16)5-6-12/h1-4H,5H2,(H,14,16)(H2,13,15,17). The first kappa shape index (κ1) is 13.4. The number of nitrogens with one attached hydrogen (secondary N) is 3. The second-order valence-corrected chi connectivity index (χ2v) is 4.29. The van der Waals surface area contributed by atoms with E-state index in [-0.39, 0.29) is 11.5 Å². The van der Waals surface area contributed by atoms with E-state index in [1.165, 1.54) is 0 Å². The number of anilines is 1. The quantitative estimate of drug-likeness (QED) is 0.572. The highest BCUT2D eigenvalue weighted by atomic mass is 79.9. The lowest BCUT2D eigenvalue weighted by Crippen LogP contribution is -2.43. The molecule has 0 aliphatic heterocycles. The van der Waals surface area contributed by atoms with Gasteiger partial charge in [-0.05, 0) is 36.5 Å². The predicted molar refractivity (Wildman–Crippen MR) is 71.9 cm³/mol. The SMILES string of the molecule is N#CCC(=O)NNC(=S)Nc1ccc(Br)cc1. The number of hydrogen-bond acceptors (Lipinski definition) is 3. The van der Waals surface area contributed by atoms with Gasteiger partial charge >= 0.3 is 0 Å². The third-order valence-electron chi connectivity index (χ3n) is 1.66. The molecule has 3 N–H and O–H groups in total. The Kier molecular flexibility index (Phi) is 5.39. The number of nitrogens with zero attached hydrogens (tertiary/aromatic N) is 1. The van der Waals surface area contributed by atoms with Gasteiger partial charge in [-0.15, -0.1) is 0 Å². The van der Waals surface area contributed by atoms with Crippen LogP contribution in [0, 0.1) is 11.3 Å². The summed E-state index contributed by atoms with van der Waals surface area (Å²) in [7, 11) is 0. The molecule has 0 aromatic heterocycles. The van der Waals surface area contributed by atoms with E-state index < -0.39 is 5.91 Å². The summed E-state index contributed by atoms with van der Waals surface area (Å²) in [5, 5.41) is 11.4. The molecule has 1 aromatic rings. The fourth-order valence-electron chi connectivity index (χ4n) is 0.938. The summed E-state index contributed by atoms with van der Waals surface area (Å²) in [5.41, 5.74) is 5.57. The summed E-state index contributed by atoms with van der Waals surface area (Å²) in [6.07, 6.45) is -0.214. The van der Waals surface area contributed by atoms with E-state index in [4.69, 9.17) is 17.5 Å². The van der Waals surface area contributed by atoms with Gasteiger partial charge in [0.15, 0.2) is 5.11 Å². The van der Waals surface area contributed by atoms with Crippen LogP contribution in [-0.4, -0.2) is 11.0 Å². The van der Waals surface area contributed by atoms with Crippen LogP contribution in [-0.2, 0) is 4.79 Å². The van der Waals surface area contributed by atoms with Gasteiger partial charge in [-0.2, -0.15) is 5.26 Å². The normalized spacial score (nSPS) is 8.94. The number of thiocarbonyl (C=S) groups is 1. The Labute approximate surface area is 112 Å². The van der Waals surface area contributed by atoms with Gasteiger partial charge in [-0.3, -0.25) is 15.6 Å². The van der Waals surface area contributed by atoms with E-state index in [0.29, 0.717) is 0 Å². The maximum atomic E-state index is 11.0. The van der Waals surface area contributed by atoms with Gasteiger partial charge in [-0.25, -0.2) is 0 Å². The highest BCUT2D eigenvalue weighted by Crippen LogP contribution is 2.13. The second kappa shape index (κ2) is 6.83. The van der Waals surface area contributed by atoms with Crippen LogP contribution in [0.2, 0.25) is 0 Å². The first-order chi connectivity index (χ1) is 8.11. The summed E-state index contributed by atoms with van der Waals surface area (Å²) in [6.45, 7) is 0. The molecule has 0 aliphatic rings. The smallest absolute Gasteiger partial charge is 0.252 e. The van der Waals surface area contributed by atoms with Gasteiger partial charge < -0.3 is 5.32 Å². The van der Waals surface area contributed by atoms with Crippen molar-refractivity contribution < 1.29 is 4.79 Å². The molecule has 1 rings (SSSR count). The Morgan fingerprint density at radius 3 is 2.59 bits per heavy atom. The molecule has 0 spiro atoms. The number of rotatable bonds is 2. The molecule has 0 bridgehead atoms. The molecule has 0 fully saturated rings.